The second kappa shape index (κ2) is 10.6. The van der Waals surface area contributed by atoms with Crippen LogP contribution in [0.4, 0.5) is 14.6 Å². The van der Waals surface area contributed by atoms with Crippen molar-refractivity contribution in [3.8, 4) is 5.75 Å². The first-order chi connectivity index (χ1) is 15.7. The maximum atomic E-state index is 14.3. The molecule has 0 saturated carbocycles. The molecular weight excluding hydrogens is 463 g/mol. The van der Waals surface area contributed by atoms with Gasteiger partial charge in [0.25, 0.3) is 12.3 Å². The van der Waals surface area contributed by atoms with Crippen LogP contribution in [0, 0.1) is 0 Å². The number of methoxy groups -OCH3 is 1. The molecule has 2 heterocycles. The lowest BCUT2D eigenvalue weighted by atomic mass is 10.2. The van der Waals surface area contributed by atoms with Crippen molar-refractivity contribution in [3.63, 3.8) is 0 Å². The maximum absolute atomic E-state index is 14.3. The Balaban J connectivity index is 1.52. The van der Waals surface area contributed by atoms with Gasteiger partial charge < -0.3 is 19.9 Å². The molecule has 0 radical (unpaired) electrons. The van der Waals surface area contributed by atoms with Crippen LogP contribution in [0.2, 0.25) is 0 Å². The van der Waals surface area contributed by atoms with Crippen molar-refractivity contribution in [1.29, 1.82) is 0 Å². The third-order valence-electron chi connectivity index (χ3n) is 4.43. The van der Waals surface area contributed by atoms with Crippen LogP contribution in [0.1, 0.15) is 18.2 Å². The van der Waals surface area contributed by atoms with Gasteiger partial charge in [-0.1, -0.05) is 12.1 Å². The van der Waals surface area contributed by atoms with Gasteiger partial charge in [0.05, 0.1) is 0 Å². The molecule has 1 aromatic heterocycles. The van der Waals surface area contributed by atoms with Crippen molar-refractivity contribution >= 4 is 25.9 Å². The molecule has 0 spiro atoms. The summed E-state index contributed by atoms with van der Waals surface area (Å²) < 4.78 is 61.0. The number of rotatable bonds is 9. The number of nitrogens with zero attached hydrogens (tertiary/aromatic N) is 2. The number of carbonyl (C=O) groups is 1. The number of nitrogens with two attached hydrogens (primary N) is 1. The minimum atomic E-state index is -3.37. The Kier molecular flexibility index (Phi) is 7.85. The quantitative estimate of drug-likeness (QED) is 0.324. The number of ether oxygens (including phenoxy) is 3. The van der Waals surface area contributed by atoms with E-state index in [1.165, 1.54) is 19.3 Å². The van der Waals surface area contributed by atoms with Gasteiger partial charge in [-0.2, -0.15) is 4.98 Å². The molecule has 1 aromatic carbocycles. The number of aromatic nitrogens is 2. The summed E-state index contributed by atoms with van der Waals surface area (Å²) in [4.78, 5) is 27.2. The van der Waals surface area contributed by atoms with Crippen LogP contribution < -0.4 is 15.9 Å². The minimum absolute atomic E-state index is 0.0339. The van der Waals surface area contributed by atoms with Crippen molar-refractivity contribution < 1.29 is 36.9 Å². The number of hydrogen-bond donors (Lipinski definition) is 1. The first-order valence-electron chi connectivity index (χ1n) is 9.62. The van der Waals surface area contributed by atoms with Crippen LogP contribution in [0.5, 0.6) is 5.75 Å². The van der Waals surface area contributed by atoms with Gasteiger partial charge in [-0.15, -0.1) is 0 Å². The van der Waals surface area contributed by atoms with E-state index in [0.717, 1.165) is 12.3 Å². The van der Waals surface area contributed by atoms with E-state index in [2.05, 4.69) is 4.98 Å². The first-order valence-corrected chi connectivity index (χ1v) is 11.0. The standard InChI is InChI=1S/C20H20F2N3O7P/c1-29-12-33(28)32-14-5-2-13(3-6-14)4-7-17(26)30-11-15-10-20(21,22)18(31-15)25-9-8-16(23)24-19(25)27/h2-9,15,18H,10-12H2,1H3,(H-,23,24,27)/p+1/t15-,18+/m0/s1. The number of hydrogen-bond acceptors (Lipinski definition) is 9. The predicted octanol–water partition coefficient (Wildman–Crippen LogP) is 2.73. The van der Waals surface area contributed by atoms with Crippen molar-refractivity contribution in [1.82, 2.24) is 9.55 Å². The summed E-state index contributed by atoms with van der Waals surface area (Å²) in [7, 11) is -0.573. The van der Waals surface area contributed by atoms with Gasteiger partial charge >= 0.3 is 19.7 Å². The topological polar surface area (TPSA) is 132 Å². The van der Waals surface area contributed by atoms with Gasteiger partial charge in [-0.3, -0.25) is 9.09 Å². The second-order valence-corrected chi connectivity index (χ2v) is 8.10. The van der Waals surface area contributed by atoms with Gasteiger partial charge in [0, 0.05) is 25.8 Å². The molecule has 3 rings (SSSR count). The average Bonchev–Trinajstić information content (AvgIpc) is 3.06. The molecule has 2 aromatic rings. The Morgan fingerprint density at radius 1 is 1.36 bits per heavy atom. The summed E-state index contributed by atoms with van der Waals surface area (Å²) in [6, 6.07) is 7.58. The van der Waals surface area contributed by atoms with E-state index >= 15 is 0 Å². The minimum Gasteiger partial charge on any atom is -0.460 e. The Hall–Kier alpha value is -3.21. The molecule has 13 heteroatoms. The van der Waals surface area contributed by atoms with Gasteiger partial charge in [0.2, 0.25) is 6.23 Å². The zero-order chi connectivity index (χ0) is 24.0. The molecule has 33 heavy (non-hydrogen) atoms. The zero-order valence-corrected chi connectivity index (χ0v) is 18.3. The molecular formula is C20H21F2N3O7P+. The predicted molar refractivity (Wildman–Crippen MR) is 113 cm³/mol. The van der Waals surface area contributed by atoms with Crippen LogP contribution in [0.25, 0.3) is 6.08 Å². The Labute approximate surface area is 187 Å². The van der Waals surface area contributed by atoms with E-state index in [4.69, 9.17) is 24.5 Å². The molecule has 1 unspecified atom stereocenters. The average molecular weight is 484 g/mol. The number of anilines is 1. The smallest absolute Gasteiger partial charge is 0.460 e. The highest BCUT2D eigenvalue weighted by Crippen LogP contribution is 2.41. The van der Waals surface area contributed by atoms with Crippen LogP contribution in [0.15, 0.2) is 47.4 Å². The SMILES string of the molecule is COC[P+](=O)Oc1ccc(C=CC(=O)OC[C@@H]2CC(F)(F)[C@H](n3ccc(N)nc3=O)O2)cc1. The van der Waals surface area contributed by atoms with Crippen LogP contribution in [-0.4, -0.2) is 47.6 Å². The largest absolute Gasteiger partial charge is 0.585 e. The molecule has 1 aliphatic rings. The van der Waals surface area contributed by atoms with Gasteiger partial charge in [-0.25, -0.2) is 18.4 Å². The fraction of sp³-hybridized carbons (Fsp3) is 0.350. The second-order valence-electron chi connectivity index (χ2n) is 6.99. The van der Waals surface area contributed by atoms with Crippen molar-refractivity contribution in [2.75, 3.05) is 25.8 Å². The molecule has 1 saturated heterocycles. The van der Waals surface area contributed by atoms with E-state index < -0.39 is 51.0 Å². The Bertz CT molecular complexity index is 1090. The molecule has 0 aliphatic carbocycles. The third-order valence-corrected chi connectivity index (χ3v) is 5.32. The summed E-state index contributed by atoms with van der Waals surface area (Å²) in [5.74, 6) is -3.86. The molecule has 0 amide bonds. The lowest BCUT2D eigenvalue weighted by molar-refractivity contribution is -0.145. The normalized spacial score (nSPS) is 20.0. The summed E-state index contributed by atoms with van der Waals surface area (Å²) in [5, 5.41) is 0. The molecule has 10 nitrogen and oxygen atoms in total. The number of nitrogen functional groups attached to an aromatic ring is 1. The van der Waals surface area contributed by atoms with Crippen molar-refractivity contribution in [3.05, 3.63) is 58.7 Å². The molecule has 0 bridgehead atoms. The van der Waals surface area contributed by atoms with E-state index in [-0.39, 0.29) is 12.2 Å². The molecule has 3 atom stereocenters. The fourth-order valence-corrected chi connectivity index (χ4v) is 3.60. The van der Waals surface area contributed by atoms with Gasteiger partial charge in [-0.05, 0) is 34.4 Å². The zero-order valence-electron chi connectivity index (χ0n) is 17.4. The lowest BCUT2D eigenvalue weighted by Crippen LogP contribution is -2.35. The molecule has 1 fully saturated rings. The maximum Gasteiger partial charge on any atom is 0.585 e. The van der Waals surface area contributed by atoms with Crippen molar-refractivity contribution in [2.24, 2.45) is 0 Å². The number of alkyl halides is 2. The number of esters is 1. The summed E-state index contributed by atoms with van der Waals surface area (Å²) in [6.07, 6.45) is -0.110. The van der Waals surface area contributed by atoms with Gasteiger partial charge in [0.15, 0.2) is 5.75 Å². The van der Waals surface area contributed by atoms with Gasteiger partial charge in [0.1, 0.15) is 18.5 Å². The highest BCUT2D eigenvalue weighted by molar-refractivity contribution is 7.39. The van der Waals surface area contributed by atoms with E-state index in [0.29, 0.717) is 15.9 Å². The number of carbonyl (C=O) groups excluding carboxylic acids is 1. The summed E-state index contributed by atoms with van der Waals surface area (Å²) in [6.45, 7) is -0.425. The fourth-order valence-electron chi connectivity index (χ4n) is 2.98. The number of halogens is 2. The molecule has 2 N–H and O–H groups in total. The highest BCUT2D eigenvalue weighted by Gasteiger charge is 2.52. The van der Waals surface area contributed by atoms with E-state index in [1.54, 1.807) is 24.3 Å². The summed E-state index contributed by atoms with van der Waals surface area (Å²) in [5.41, 5.74) is 5.03. The monoisotopic (exact) mass is 484 g/mol. The van der Waals surface area contributed by atoms with Crippen LogP contribution in [0.3, 0.4) is 0 Å². The third kappa shape index (κ3) is 6.64. The summed E-state index contributed by atoms with van der Waals surface area (Å²) >= 11 is 0. The van der Waals surface area contributed by atoms with E-state index in [9.17, 15) is 22.9 Å². The highest BCUT2D eigenvalue weighted by atomic mass is 31.1. The lowest BCUT2D eigenvalue weighted by Gasteiger charge is -2.19. The Morgan fingerprint density at radius 2 is 2.09 bits per heavy atom. The van der Waals surface area contributed by atoms with Crippen LogP contribution >= 0.6 is 8.03 Å². The number of benzene rings is 1. The van der Waals surface area contributed by atoms with Crippen LogP contribution in [-0.2, 0) is 23.6 Å². The first kappa shape index (κ1) is 24.4. The molecule has 1 aliphatic heterocycles. The van der Waals surface area contributed by atoms with Crippen molar-refractivity contribution in [2.45, 2.75) is 24.7 Å². The molecule has 176 valence electrons. The Morgan fingerprint density at radius 3 is 2.76 bits per heavy atom. The van der Waals surface area contributed by atoms with E-state index in [1.807, 2.05) is 0 Å².